The van der Waals surface area contributed by atoms with Crippen LogP contribution in [0.25, 0.3) is 17.0 Å². The predicted octanol–water partition coefficient (Wildman–Crippen LogP) is 3.83. The first-order chi connectivity index (χ1) is 9.24. The molecule has 0 aliphatic carbocycles. The van der Waals surface area contributed by atoms with Gasteiger partial charge in [0.2, 0.25) is 0 Å². The van der Waals surface area contributed by atoms with Crippen molar-refractivity contribution in [3.63, 3.8) is 0 Å². The number of ether oxygens (including phenoxy) is 1. The Kier molecular flexibility index (Phi) is 4.29. The van der Waals surface area contributed by atoms with E-state index in [1.165, 1.54) is 7.11 Å². The topological polar surface area (TPSA) is 39.2 Å². The number of carbonyl (C=O) groups is 1. The zero-order valence-corrected chi connectivity index (χ0v) is 11.2. The van der Waals surface area contributed by atoms with Gasteiger partial charge in [0.25, 0.3) is 0 Å². The van der Waals surface area contributed by atoms with E-state index in [-0.39, 0.29) is 0 Å². The van der Waals surface area contributed by atoms with Crippen molar-refractivity contribution < 1.29 is 9.53 Å². The summed E-state index contributed by atoms with van der Waals surface area (Å²) in [6.45, 7) is 2.16. The molecule has 0 spiro atoms. The van der Waals surface area contributed by atoms with Crippen LogP contribution in [0.15, 0.2) is 36.4 Å². The molecule has 19 heavy (non-hydrogen) atoms. The van der Waals surface area contributed by atoms with E-state index in [4.69, 9.17) is 0 Å². The second-order valence-electron chi connectivity index (χ2n) is 4.33. The first-order valence-corrected chi connectivity index (χ1v) is 6.40. The number of aromatic nitrogens is 1. The van der Waals surface area contributed by atoms with E-state index >= 15 is 0 Å². The second kappa shape index (κ2) is 6.14. The van der Waals surface area contributed by atoms with Gasteiger partial charge in [-0.25, -0.2) is 9.78 Å². The van der Waals surface area contributed by atoms with Crippen molar-refractivity contribution in [2.24, 2.45) is 0 Å². The van der Waals surface area contributed by atoms with Gasteiger partial charge in [-0.05, 0) is 30.2 Å². The molecule has 0 aliphatic rings. The number of benzene rings is 1. The van der Waals surface area contributed by atoms with E-state index in [1.807, 2.05) is 18.2 Å². The van der Waals surface area contributed by atoms with Gasteiger partial charge in [0.1, 0.15) is 5.69 Å². The maximum Gasteiger partial charge on any atom is 0.356 e. The largest absolute Gasteiger partial charge is 0.464 e. The molecule has 3 nitrogen and oxygen atoms in total. The molecule has 3 heteroatoms. The Hall–Kier alpha value is -2.16. The van der Waals surface area contributed by atoms with E-state index in [2.05, 4.69) is 34.9 Å². The number of esters is 1. The fourth-order valence-electron chi connectivity index (χ4n) is 1.85. The standard InChI is InChI=1S/C16H17NO2/c1-3-4-5-6-12-7-9-14-13(11-12)8-10-15(17-14)16(18)19-2/h5-11H,3-4H2,1-2H3/b6-5+. The number of methoxy groups -OCH3 is 1. The lowest BCUT2D eigenvalue weighted by Crippen LogP contribution is -2.03. The number of hydrogen-bond donors (Lipinski definition) is 0. The van der Waals surface area contributed by atoms with Crippen molar-refractivity contribution in [1.29, 1.82) is 0 Å². The van der Waals surface area contributed by atoms with E-state index < -0.39 is 5.97 Å². The van der Waals surface area contributed by atoms with E-state index in [0.717, 1.165) is 29.3 Å². The second-order valence-corrected chi connectivity index (χ2v) is 4.33. The third-order valence-electron chi connectivity index (χ3n) is 2.87. The van der Waals surface area contributed by atoms with Gasteiger partial charge >= 0.3 is 5.97 Å². The van der Waals surface area contributed by atoms with Crippen LogP contribution >= 0.6 is 0 Å². The quantitative estimate of drug-likeness (QED) is 0.779. The molecular weight excluding hydrogens is 238 g/mol. The molecule has 1 aromatic heterocycles. The predicted molar refractivity (Wildman–Crippen MR) is 77.0 cm³/mol. The Morgan fingerprint density at radius 1 is 1.32 bits per heavy atom. The third kappa shape index (κ3) is 3.19. The number of rotatable bonds is 4. The Morgan fingerprint density at radius 2 is 2.16 bits per heavy atom. The van der Waals surface area contributed by atoms with Crippen LogP contribution in [0.1, 0.15) is 35.8 Å². The summed E-state index contributed by atoms with van der Waals surface area (Å²) in [6, 6.07) is 9.57. The number of unbranched alkanes of at least 4 members (excludes halogenated alkanes) is 1. The molecule has 1 heterocycles. The summed E-state index contributed by atoms with van der Waals surface area (Å²) in [7, 11) is 1.36. The SMILES string of the molecule is CCC/C=C/c1ccc2nc(C(=O)OC)ccc2c1. The van der Waals surface area contributed by atoms with Crippen molar-refractivity contribution in [2.45, 2.75) is 19.8 Å². The minimum atomic E-state index is -0.409. The molecule has 0 amide bonds. The maximum atomic E-state index is 11.4. The van der Waals surface area contributed by atoms with Gasteiger partial charge in [-0.1, -0.05) is 37.6 Å². The highest BCUT2D eigenvalue weighted by Gasteiger charge is 2.07. The molecule has 0 radical (unpaired) electrons. The lowest BCUT2D eigenvalue weighted by molar-refractivity contribution is 0.0594. The van der Waals surface area contributed by atoms with Crippen LogP contribution in [0, 0.1) is 0 Å². The van der Waals surface area contributed by atoms with Crippen LogP contribution in [0.5, 0.6) is 0 Å². The molecular formula is C16H17NO2. The fourth-order valence-corrected chi connectivity index (χ4v) is 1.85. The minimum Gasteiger partial charge on any atom is -0.464 e. The normalized spacial score (nSPS) is 11.1. The van der Waals surface area contributed by atoms with Gasteiger partial charge in [-0.3, -0.25) is 0 Å². The highest BCUT2D eigenvalue weighted by molar-refractivity contribution is 5.91. The number of pyridine rings is 1. The highest BCUT2D eigenvalue weighted by atomic mass is 16.5. The fraction of sp³-hybridized carbons (Fsp3) is 0.250. The van der Waals surface area contributed by atoms with Gasteiger partial charge < -0.3 is 4.74 Å². The average molecular weight is 255 g/mol. The maximum absolute atomic E-state index is 11.4. The van der Waals surface area contributed by atoms with Crippen molar-refractivity contribution in [3.8, 4) is 0 Å². The van der Waals surface area contributed by atoms with Crippen molar-refractivity contribution in [2.75, 3.05) is 7.11 Å². The summed E-state index contributed by atoms with van der Waals surface area (Å²) in [5, 5.41) is 1.02. The zero-order chi connectivity index (χ0) is 13.7. The van der Waals surface area contributed by atoms with E-state index in [0.29, 0.717) is 5.69 Å². The molecule has 0 bridgehead atoms. The molecule has 2 aromatic rings. The van der Waals surface area contributed by atoms with Gasteiger partial charge in [-0.2, -0.15) is 0 Å². The first-order valence-electron chi connectivity index (χ1n) is 6.40. The van der Waals surface area contributed by atoms with Gasteiger partial charge in [0, 0.05) is 5.39 Å². The summed E-state index contributed by atoms with van der Waals surface area (Å²) >= 11 is 0. The molecule has 0 saturated heterocycles. The molecule has 0 atom stereocenters. The van der Waals surface area contributed by atoms with Gasteiger partial charge in [0.15, 0.2) is 0 Å². The van der Waals surface area contributed by atoms with Gasteiger partial charge in [-0.15, -0.1) is 0 Å². The van der Waals surface area contributed by atoms with Crippen LogP contribution in [0.3, 0.4) is 0 Å². The summed E-state index contributed by atoms with van der Waals surface area (Å²) in [5.41, 5.74) is 2.29. The summed E-state index contributed by atoms with van der Waals surface area (Å²) in [4.78, 5) is 15.7. The van der Waals surface area contributed by atoms with Crippen LogP contribution < -0.4 is 0 Å². The number of carbonyl (C=O) groups excluding carboxylic acids is 1. The van der Waals surface area contributed by atoms with E-state index in [1.54, 1.807) is 6.07 Å². The summed E-state index contributed by atoms with van der Waals surface area (Å²) in [5.74, 6) is -0.409. The molecule has 2 rings (SSSR count). The molecule has 0 N–H and O–H groups in total. The first kappa shape index (κ1) is 13.3. The van der Waals surface area contributed by atoms with Crippen molar-refractivity contribution >= 4 is 22.9 Å². The smallest absolute Gasteiger partial charge is 0.356 e. The molecule has 98 valence electrons. The lowest BCUT2D eigenvalue weighted by Gasteiger charge is -2.02. The number of fused-ring (bicyclic) bond motifs is 1. The van der Waals surface area contributed by atoms with Crippen LogP contribution in [-0.2, 0) is 4.74 Å². The number of nitrogens with zero attached hydrogens (tertiary/aromatic N) is 1. The third-order valence-corrected chi connectivity index (χ3v) is 2.87. The summed E-state index contributed by atoms with van der Waals surface area (Å²) in [6.07, 6.45) is 6.50. The van der Waals surface area contributed by atoms with Crippen molar-refractivity contribution in [1.82, 2.24) is 4.98 Å². The summed E-state index contributed by atoms with van der Waals surface area (Å²) < 4.78 is 4.66. The van der Waals surface area contributed by atoms with Crippen molar-refractivity contribution in [3.05, 3.63) is 47.7 Å². The molecule has 0 unspecified atom stereocenters. The molecule has 0 saturated carbocycles. The molecule has 1 aromatic carbocycles. The Labute approximate surface area is 112 Å². The number of allylic oxidation sites excluding steroid dienone is 1. The van der Waals surface area contributed by atoms with Gasteiger partial charge in [0.05, 0.1) is 12.6 Å². The highest BCUT2D eigenvalue weighted by Crippen LogP contribution is 2.16. The molecule has 0 fully saturated rings. The van der Waals surface area contributed by atoms with Crippen LogP contribution in [-0.4, -0.2) is 18.1 Å². The van der Waals surface area contributed by atoms with Crippen LogP contribution in [0.2, 0.25) is 0 Å². The van der Waals surface area contributed by atoms with Crippen LogP contribution in [0.4, 0.5) is 0 Å². The lowest BCUT2D eigenvalue weighted by atomic mass is 10.1. The zero-order valence-electron chi connectivity index (χ0n) is 11.2. The molecule has 0 aliphatic heterocycles. The Balaban J connectivity index is 2.32. The Morgan fingerprint density at radius 3 is 2.89 bits per heavy atom. The monoisotopic (exact) mass is 255 g/mol. The van der Waals surface area contributed by atoms with E-state index in [9.17, 15) is 4.79 Å². The number of hydrogen-bond acceptors (Lipinski definition) is 3. The Bertz CT molecular complexity index is 617. The minimum absolute atomic E-state index is 0.337. The average Bonchev–Trinajstić information content (AvgIpc) is 2.46.